The average molecular weight is 793 g/mol. The van der Waals surface area contributed by atoms with Gasteiger partial charge in [0, 0.05) is 19.6 Å². The van der Waals surface area contributed by atoms with E-state index >= 15 is 0 Å². The molecule has 2 aliphatic rings. The molecule has 0 saturated carbocycles. The Hall–Kier alpha value is -3.79. The van der Waals surface area contributed by atoms with Crippen LogP contribution in [0.3, 0.4) is 0 Å². The number of carbonyl (C=O) groups excluding carboxylic acids is 1. The summed E-state index contributed by atoms with van der Waals surface area (Å²) in [4.78, 5) is 12.7. The second-order valence-corrected chi connectivity index (χ2v) is 22.5. The lowest BCUT2D eigenvalue weighted by atomic mass is 9.83. The predicted molar refractivity (Wildman–Crippen MR) is 230 cm³/mol. The van der Waals surface area contributed by atoms with Crippen molar-refractivity contribution in [2.24, 2.45) is 0 Å². The fourth-order valence-electron chi connectivity index (χ4n) is 8.75. The van der Waals surface area contributed by atoms with Gasteiger partial charge < -0.3 is 28.1 Å². The molecule has 0 N–H and O–H groups in total. The molecule has 4 aromatic rings. The average Bonchev–Trinajstić information content (AvgIpc) is 4.08. The molecule has 7 nitrogen and oxygen atoms in total. The number of ether oxygens (including phenoxy) is 5. The Kier molecular flexibility index (Phi) is 13.5. The Balaban J connectivity index is 1.09. The Morgan fingerprint density at radius 3 is 1.74 bits per heavy atom. The van der Waals surface area contributed by atoms with Crippen molar-refractivity contribution in [1.29, 1.82) is 0 Å². The van der Waals surface area contributed by atoms with E-state index in [1.807, 2.05) is 27.9 Å². The Morgan fingerprint density at radius 2 is 1.25 bits per heavy atom. The standard InChI is InChI=1S/C49H64O7Si/c1-46(2,3)56-45(50)52-36-49(43(55-49)30-21-35-53-57(47(4,5)6,39-26-17-11-18-27-39)40-28-19-12-20-29-40)34-32-42-48(7,54-42)33-31-41(51-8)44(37-22-13-9-14-23-37)38-24-15-10-16-25-38/h9-20,22-29,41-44H,21,30-36H2,1-8H3/t41?,42-,43+,48-,49-/m0/s1. The molecule has 4 aromatic carbocycles. The van der Waals surface area contributed by atoms with Gasteiger partial charge in [-0.25, -0.2) is 4.79 Å². The maximum absolute atomic E-state index is 12.7. The lowest BCUT2D eigenvalue weighted by Crippen LogP contribution is -2.66. The fourth-order valence-corrected chi connectivity index (χ4v) is 13.4. The monoisotopic (exact) mass is 792 g/mol. The summed E-state index contributed by atoms with van der Waals surface area (Å²) in [5, 5.41) is 2.44. The highest BCUT2D eigenvalue weighted by Crippen LogP contribution is 2.50. The molecule has 2 saturated heterocycles. The van der Waals surface area contributed by atoms with Crippen molar-refractivity contribution < 1.29 is 32.9 Å². The first-order valence-corrected chi connectivity index (χ1v) is 22.7. The van der Waals surface area contributed by atoms with Crippen LogP contribution in [0, 0.1) is 0 Å². The van der Waals surface area contributed by atoms with Gasteiger partial charge in [-0.2, -0.15) is 0 Å². The summed E-state index contributed by atoms with van der Waals surface area (Å²) in [5.74, 6) is 0.118. The Morgan fingerprint density at radius 1 is 0.719 bits per heavy atom. The molecular weight excluding hydrogens is 729 g/mol. The number of methoxy groups -OCH3 is 1. The van der Waals surface area contributed by atoms with E-state index in [0.29, 0.717) is 6.61 Å². The van der Waals surface area contributed by atoms with Gasteiger partial charge in [0.2, 0.25) is 0 Å². The van der Waals surface area contributed by atoms with Crippen molar-refractivity contribution in [2.45, 2.75) is 133 Å². The third-order valence-electron chi connectivity index (χ3n) is 11.9. The largest absolute Gasteiger partial charge is 0.508 e. The zero-order chi connectivity index (χ0) is 40.7. The number of hydrogen-bond donors (Lipinski definition) is 0. The van der Waals surface area contributed by atoms with Gasteiger partial charge in [0.05, 0.1) is 23.9 Å². The minimum Gasteiger partial charge on any atom is -0.431 e. The lowest BCUT2D eigenvalue weighted by Gasteiger charge is -2.43. The molecule has 306 valence electrons. The first-order chi connectivity index (χ1) is 27.2. The van der Waals surface area contributed by atoms with E-state index in [2.05, 4.69) is 149 Å². The number of benzene rings is 4. The van der Waals surface area contributed by atoms with Crippen LogP contribution in [0.1, 0.15) is 104 Å². The first-order valence-electron chi connectivity index (χ1n) is 20.8. The molecule has 1 unspecified atom stereocenters. The molecule has 5 atom stereocenters. The van der Waals surface area contributed by atoms with Crippen molar-refractivity contribution in [3.05, 3.63) is 132 Å². The second kappa shape index (κ2) is 18.0. The van der Waals surface area contributed by atoms with Gasteiger partial charge in [-0.1, -0.05) is 142 Å². The summed E-state index contributed by atoms with van der Waals surface area (Å²) in [5.41, 5.74) is 1.01. The predicted octanol–water partition coefficient (Wildman–Crippen LogP) is 10.00. The molecule has 6 rings (SSSR count). The van der Waals surface area contributed by atoms with Crippen LogP contribution < -0.4 is 10.4 Å². The van der Waals surface area contributed by atoms with Gasteiger partial charge in [0.15, 0.2) is 0 Å². The number of carbonyl (C=O) groups is 1. The molecule has 0 radical (unpaired) electrons. The zero-order valence-electron chi connectivity index (χ0n) is 35.4. The highest BCUT2D eigenvalue weighted by molar-refractivity contribution is 6.99. The maximum atomic E-state index is 12.7. The van der Waals surface area contributed by atoms with Crippen LogP contribution >= 0.6 is 0 Å². The van der Waals surface area contributed by atoms with Crippen molar-refractivity contribution in [2.75, 3.05) is 20.3 Å². The van der Waals surface area contributed by atoms with E-state index in [1.54, 1.807) is 0 Å². The van der Waals surface area contributed by atoms with E-state index in [0.717, 1.165) is 38.5 Å². The minimum absolute atomic E-state index is 0.00715. The molecule has 0 aromatic heterocycles. The lowest BCUT2D eigenvalue weighted by molar-refractivity contribution is -0.0171. The van der Waals surface area contributed by atoms with Crippen LogP contribution in [0.4, 0.5) is 4.79 Å². The summed E-state index contributed by atoms with van der Waals surface area (Å²) < 4.78 is 37.5. The van der Waals surface area contributed by atoms with E-state index in [-0.39, 0.29) is 41.5 Å². The molecular formula is C49H64O7Si. The van der Waals surface area contributed by atoms with Gasteiger partial charge in [0.25, 0.3) is 8.32 Å². The van der Waals surface area contributed by atoms with Crippen LogP contribution in [-0.4, -0.2) is 69.9 Å². The Bertz CT molecular complexity index is 1760. The molecule has 2 heterocycles. The van der Waals surface area contributed by atoms with E-state index in [9.17, 15) is 4.79 Å². The van der Waals surface area contributed by atoms with Crippen molar-refractivity contribution in [3.8, 4) is 0 Å². The third-order valence-corrected chi connectivity index (χ3v) is 16.9. The molecule has 0 amide bonds. The molecule has 0 bridgehead atoms. The van der Waals surface area contributed by atoms with Crippen molar-refractivity contribution in [1.82, 2.24) is 0 Å². The molecule has 2 fully saturated rings. The van der Waals surface area contributed by atoms with Crippen LogP contribution in [0.2, 0.25) is 5.04 Å². The summed E-state index contributed by atoms with van der Waals surface area (Å²) in [6.45, 7) is 15.4. The number of hydrogen-bond acceptors (Lipinski definition) is 7. The second-order valence-electron chi connectivity index (χ2n) is 18.1. The minimum atomic E-state index is -2.64. The number of rotatable bonds is 19. The molecule has 2 aliphatic heterocycles. The summed E-state index contributed by atoms with van der Waals surface area (Å²) in [7, 11) is -0.829. The van der Waals surface area contributed by atoms with Crippen molar-refractivity contribution >= 4 is 24.8 Å². The van der Waals surface area contributed by atoms with Gasteiger partial charge >= 0.3 is 6.16 Å². The summed E-state index contributed by atoms with van der Waals surface area (Å²) in [6.07, 6.45) is 4.24. The molecule has 0 aliphatic carbocycles. The maximum Gasteiger partial charge on any atom is 0.508 e. The highest BCUT2D eigenvalue weighted by atomic mass is 28.4. The summed E-state index contributed by atoms with van der Waals surface area (Å²) in [6, 6.07) is 42.7. The first kappa shape index (κ1) is 42.8. The van der Waals surface area contributed by atoms with E-state index in [1.165, 1.54) is 21.5 Å². The Labute approximate surface area is 342 Å². The van der Waals surface area contributed by atoms with Gasteiger partial charge in [0.1, 0.15) is 17.8 Å². The molecule has 57 heavy (non-hydrogen) atoms. The highest BCUT2D eigenvalue weighted by Gasteiger charge is 2.60. The van der Waals surface area contributed by atoms with E-state index < -0.39 is 25.7 Å². The summed E-state index contributed by atoms with van der Waals surface area (Å²) >= 11 is 0. The quantitative estimate of drug-likeness (QED) is 0.0405. The smallest absolute Gasteiger partial charge is 0.431 e. The molecule has 0 spiro atoms. The van der Waals surface area contributed by atoms with Crippen molar-refractivity contribution in [3.63, 3.8) is 0 Å². The van der Waals surface area contributed by atoms with Crippen LogP contribution in [0.25, 0.3) is 0 Å². The zero-order valence-corrected chi connectivity index (χ0v) is 36.4. The normalized spacial score (nSPS) is 22.5. The number of epoxide rings is 2. The van der Waals surface area contributed by atoms with E-state index in [4.69, 9.17) is 28.1 Å². The van der Waals surface area contributed by atoms with Crippen LogP contribution in [0.5, 0.6) is 0 Å². The third kappa shape index (κ3) is 10.5. The fraction of sp³-hybridized carbons (Fsp3) is 0.490. The van der Waals surface area contributed by atoms with Crippen LogP contribution in [0.15, 0.2) is 121 Å². The van der Waals surface area contributed by atoms with Gasteiger partial charge in [-0.15, -0.1) is 0 Å². The van der Waals surface area contributed by atoms with Gasteiger partial charge in [-0.05, 0) is 92.8 Å². The van der Waals surface area contributed by atoms with Crippen LogP contribution in [-0.2, 0) is 28.1 Å². The van der Waals surface area contributed by atoms with Gasteiger partial charge in [-0.3, -0.25) is 0 Å². The SMILES string of the molecule is COC(CC[C@]1(C)O[C@H]1CC[C@@]1(COC(=O)OC(C)(C)C)O[C@@H]1CCCO[Si](c1ccccc1)(c1ccccc1)C(C)(C)C)C(c1ccccc1)c1ccccc1. The topological polar surface area (TPSA) is 79.1 Å². The molecule has 8 heteroatoms.